The molecule has 1 aromatic heterocycles. The first-order valence-electron chi connectivity index (χ1n) is 8.36. The summed E-state index contributed by atoms with van der Waals surface area (Å²) >= 11 is 1.48. The van der Waals surface area contributed by atoms with Crippen molar-refractivity contribution >= 4 is 38.5 Å². The highest BCUT2D eigenvalue weighted by atomic mass is 32.1. The highest BCUT2D eigenvalue weighted by Gasteiger charge is 2.35. The fourth-order valence-electron chi connectivity index (χ4n) is 3.25. The van der Waals surface area contributed by atoms with Crippen molar-refractivity contribution in [3.8, 4) is 0 Å². The van der Waals surface area contributed by atoms with Gasteiger partial charge in [0.2, 0.25) is 11.8 Å². The van der Waals surface area contributed by atoms with Crippen LogP contribution in [0.2, 0.25) is 0 Å². The number of nitrogens with zero attached hydrogens (tertiary/aromatic N) is 2. The van der Waals surface area contributed by atoms with E-state index >= 15 is 0 Å². The molecular formula is C18H23N3O2S. The Morgan fingerprint density at radius 1 is 1.33 bits per heavy atom. The molecule has 1 atom stereocenters. The number of hydrogen-bond donors (Lipinski definition) is 1. The molecule has 2 amide bonds. The molecular weight excluding hydrogens is 322 g/mol. The van der Waals surface area contributed by atoms with Gasteiger partial charge in [-0.25, -0.2) is 4.98 Å². The topological polar surface area (TPSA) is 62.3 Å². The molecule has 24 heavy (non-hydrogen) atoms. The SMILES string of the molecule is Cc1cc(C)c2nc(NC(=O)C3CCCN3C(=O)C(C)C)sc2c1. The second-order valence-corrected chi connectivity index (χ2v) is 7.81. The van der Waals surface area contributed by atoms with Crippen molar-refractivity contribution in [3.63, 3.8) is 0 Å². The molecule has 1 aliphatic rings. The van der Waals surface area contributed by atoms with Gasteiger partial charge in [0.05, 0.1) is 10.2 Å². The second kappa shape index (κ2) is 6.51. The number of aromatic nitrogens is 1. The van der Waals surface area contributed by atoms with Crippen molar-refractivity contribution in [2.45, 2.75) is 46.6 Å². The van der Waals surface area contributed by atoms with Gasteiger partial charge in [-0.3, -0.25) is 9.59 Å². The third kappa shape index (κ3) is 3.15. The van der Waals surface area contributed by atoms with Gasteiger partial charge in [-0.15, -0.1) is 0 Å². The Morgan fingerprint density at radius 3 is 2.79 bits per heavy atom. The van der Waals surface area contributed by atoms with E-state index in [9.17, 15) is 9.59 Å². The van der Waals surface area contributed by atoms with E-state index in [4.69, 9.17) is 0 Å². The summed E-state index contributed by atoms with van der Waals surface area (Å²) in [7, 11) is 0. The maximum Gasteiger partial charge on any atom is 0.248 e. The average Bonchev–Trinajstić information content (AvgIpc) is 3.12. The third-order valence-corrected chi connectivity index (χ3v) is 5.31. The number of rotatable bonds is 3. The number of thiazole rings is 1. The van der Waals surface area contributed by atoms with Gasteiger partial charge < -0.3 is 10.2 Å². The van der Waals surface area contributed by atoms with E-state index in [1.807, 2.05) is 20.8 Å². The minimum Gasteiger partial charge on any atom is -0.330 e. The van der Waals surface area contributed by atoms with Crippen LogP contribution in [0.15, 0.2) is 12.1 Å². The van der Waals surface area contributed by atoms with Gasteiger partial charge in [-0.1, -0.05) is 31.3 Å². The van der Waals surface area contributed by atoms with Crippen molar-refractivity contribution in [1.29, 1.82) is 0 Å². The van der Waals surface area contributed by atoms with E-state index in [2.05, 4.69) is 29.4 Å². The van der Waals surface area contributed by atoms with Crippen molar-refractivity contribution in [2.24, 2.45) is 5.92 Å². The van der Waals surface area contributed by atoms with E-state index in [1.54, 1.807) is 4.90 Å². The van der Waals surface area contributed by atoms with Crippen molar-refractivity contribution in [1.82, 2.24) is 9.88 Å². The smallest absolute Gasteiger partial charge is 0.248 e. The third-order valence-electron chi connectivity index (χ3n) is 4.39. The first-order chi connectivity index (χ1) is 11.4. The maximum atomic E-state index is 12.6. The van der Waals surface area contributed by atoms with E-state index in [-0.39, 0.29) is 23.8 Å². The Labute approximate surface area is 146 Å². The number of aryl methyl sites for hydroxylation is 2. The van der Waals surface area contributed by atoms with Crippen molar-refractivity contribution in [3.05, 3.63) is 23.3 Å². The van der Waals surface area contributed by atoms with Gasteiger partial charge in [-0.05, 0) is 43.9 Å². The molecule has 1 N–H and O–H groups in total. The van der Waals surface area contributed by atoms with E-state index < -0.39 is 0 Å². The van der Waals surface area contributed by atoms with Crippen LogP contribution < -0.4 is 5.32 Å². The summed E-state index contributed by atoms with van der Waals surface area (Å²) in [6.45, 7) is 8.48. The predicted octanol–water partition coefficient (Wildman–Crippen LogP) is 3.50. The summed E-state index contributed by atoms with van der Waals surface area (Å²) in [4.78, 5) is 31.2. The fraction of sp³-hybridized carbons (Fsp3) is 0.500. The van der Waals surface area contributed by atoms with Gasteiger partial charge in [0, 0.05) is 12.5 Å². The number of benzene rings is 1. The number of fused-ring (bicyclic) bond motifs is 1. The lowest BCUT2D eigenvalue weighted by Crippen LogP contribution is -2.44. The molecule has 0 radical (unpaired) electrons. The van der Waals surface area contributed by atoms with Crippen LogP contribution in [0, 0.1) is 19.8 Å². The molecule has 2 heterocycles. The summed E-state index contributed by atoms with van der Waals surface area (Å²) < 4.78 is 1.07. The zero-order valence-electron chi connectivity index (χ0n) is 14.5. The lowest BCUT2D eigenvalue weighted by atomic mass is 10.1. The molecule has 1 fully saturated rings. The van der Waals surface area contributed by atoms with E-state index in [0.717, 1.165) is 22.2 Å². The normalized spacial score (nSPS) is 17.7. The summed E-state index contributed by atoms with van der Waals surface area (Å²) in [5.41, 5.74) is 3.23. The van der Waals surface area contributed by atoms with Crippen LogP contribution in [0.4, 0.5) is 5.13 Å². The summed E-state index contributed by atoms with van der Waals surface area (Å²) in [5, 5.41) is 3.52. The second-order valence-electron chi connectivity index (χ2n) is 6.78. The predicted molar refractivity (Wildman–Crippen MR) is 97.3 cm³/mol. The number of carbonyl (C=O) groups excluding carboxylic acids is 2. The highest BCUT2D eigenvalue weighted by Crippen LogP contribution is 2.30. The molecule has 1 aliphatic heterocycles. The van der Waals surface area contributed by atoms with Crippen molar-refractivity contribution < 1.29 is 9.59 Å². The van der Waals surface area contributed by atoms with Gasteiger partial charge in [0.1, 0.15) is 6.04 Å². The maximum absolute atomic E-state index is 12.6. The Bertz CT molecular complexity index is 797. The molecule has 1 saturated heterocycles. The minimum atomic E-state index is -0.380. The molecule has 1 aromatic carbocycles. The Hall–Kier alpha value is -1.95. The molecule has 5 nitrogen and oxygen atoms in total. The monoisotopic (exact) mass is 345 g/mol. The molecule has 2 aromatic rings. The zero-order chi connectivity index (χ0) is 17.4. The molecule has 6 heteroatoms. The molecule has 3 rings (SSSR count). The van der Waals surface area contributed by atoms with Crippen molar-refractivity contribution in [2.75, 3.05) is 11.9 Å². The molecule has 128 valence electrons. The highest BCUT2D eigenvalue weighted by molar-refractivity contribution is 7.22. The summed E-state index contributed by atoms with van der Waals surface area (Å²) in [6, 6.07) is 3.79. The average molecular weight is 345 g/mol. The van der Waals surface area contributed by atoms with E-state index in [0.29, 0.717) is 18.1 Å². The van der Waals surface area contributed by atoms with E-state index in [1.165, 1.54) is 16.9 Å². The number of nitrogens with one attached hydrogen (secondary N) is 1. The van der Waals surface area contributed by atoms with Gasteiger partial charge in [0.15, 0.2) is 5.13 Å². The van der Waals surface area contributed by atoms with Gasteiger partial charge >= 0.3 is 0 Å². The lowest BCUT2D eigenvalue weighted by Gasteiger charge is -2.25. The molecule has 1 unspecified atom stereocenters. The standard InChI is InChI=1S/C18H23N3O2S/c1-10(2)17(23)21-7-5-6-13(21)16(22)20-18-19-15-12(4)8-11(3)9-14(15)24-18/h8-10,13H,5-7H2,1-4H3,(H,19,20,22). The molecule has 0 spiro atoms. The molecule has 0 bridgehead atoms. The quantitative estimate of drug-likeness (QED) is 0.926. The van der Waals surface area contributed by atoms with Gasteiger partial charge in [0.25, 0.3) is 0 Å². The van der Waals surface area contributed by atoms with Crippen LogP contribution in [0.1, 0.15) is 37.8 Å². The largest absolute Gasteiger partial charge is 0.330 e. The van der Waals surface area contributed by atoms with Gasteiger partial charge in [-0.2, -0.15) is 0 Å². The Balaban J connectivity index is 1.79. The van der Waals surface area contributed by atoms with Crippen LogP contribution >= 0.6 is 11.3 Å². The van der Waals surface area contributed by atoms with Crippen LogP contribution in [0.5, 0.6) is 0 Å². The first kappa shape index (κ1) is 16.9. The Morgan fingerprint density at radius 2 is 2.08 bits per heavy atom. The molecule has 0 aliphatic carbocycles. The van der Waals surface area contributed by atoms with Crippen LogP contribution in [-0.4, -0.2) is 34.3 Å². The lowest BCUT2D eigenvalue weighted by molar-refractivity contribution is -0.139. The minimum absolute atomic E-state index is 0.0448. The number of amides is 2. The first-order valence-corrected chi connectivity index (χ1v) is 9.17. The number of anilines is 1. The Kier molecular flexibility index (Phi) is 4.58. The zero-order valence-corrected chi connectivity index (χ0v) is 15.4. The van der Waals surface area contributed by atoms with Crippen LogP contribution in [0.3, 0.4) is 0 Å². The number of likely N-dealkylation sites (tertiary alicyclic amines) is 1. The van der Waals surface area contributed by atoms with Crippen LogP contribution in [0.25, 0.3) is 10.2 Å². The molecule has 0 saturated carbocycles. The summed E-state index contributed by atoms with van der Waals surface area (Å²) in [6.07, 6.45) is 1.59. The van der Waals surface area contributed by atoms with Crippen LogP contribution in [-0.2, 0) is 9.59 Å². The fourth-order valence-corrected chi connectivity index (χ4v) is 4.29. The number of hydrogen-bond acceptors (Lipinski definition) is 4. The number of carbonyl (C=O) groups is 2. The summed E-state index contributed by atoms with van der Waals surface area (Å²) in [5.74, 6) is -0.176.